The summed E-state index contributed by atoms with van der Waals surface area (Å²) in [5, 5.41) is 56.8. The lowest BCUT2D eigenvalue weighted by molar-refractivity contribution is -0.305. The second-order valence-corrected chi connectivity index (χ2v) is 21.2. The molecule has 8 unspecified atom stereocenters. The van der Waals surface area contributed by atoms with Crippen LogP contribution >= 0.6 is 0 Å². The highest BCUT2D eigenvalue weighted by atomic mass is 16.7. The van der Waals surface area contributed by atoms with Gasteiger partial charge in [0.1, 0.15) is 24.4 Å². The van der Waals surface area contributed by atoms with Crippen molar-refractivity contribution < 1.29 is 49.3 Å². The minimum absolute atomic E-state index is 0.116. The van der Waals surface area contributed by atoms with Crippen LogP contribution in [0, 0.1) is 0 Å². The van der Waals surface area contributed by atoms with Crippen LogP contribution in [-0.2, 0) is 23.8 Å². The lowest BCUT2D eigenvalue weighted by atomic mass is 9.99. The van der Waals surface area contributed by atoms with Crippen LogP contribution in [0.1, 0.15) is 258 Å². The third-order valence-electron chi connectivity index (χ3n) is 14.3. The average Bonchev–Trinajstić information content (AvgIpc) is 3.41. The third-order valence-corrected chi connectivity index (χ3v) is 14.3. The Morgan fingerprint density at radius 1 is 0.533 bits per heavy atom. The van der Waals surface area contributed by atoms with Gasteiger partial charge in [0, 0.05) is 6.42 Å². The fraction of sp³-hybridized carbons (Fsp3) is 0.781. The molecule has 0 radical (unpaired) electrons. The monoisotopic (exact) mass is 1060 g/mol. The molecule has 1 aliphatic heterocycles. The van der Waals surface area contributed by atoms with Crippen molar-refractivity contribution in [2.24, 2.45) is 0 Å². The molecule has 0 bridgehead atoms. The van der Waals surface area contributed by atoms with Crippen LogP contribution in [0.5, 0.6) is 0 Å². The Morgan fingerprint density at radius 3 is 1.41 bits per heavy atom. The summed E-state index contributed by atoms with van der Waals surface area (Å²) < 4.78 is 17.6. The van der Waals surface area contributed by atoms with Crippen LogP contribution in [-0.4, -0.2) is 99.6 Å². The van der Waals surface area contributed by atoms with Crippen molar-refractivity contribution in [1.82, 2.24) is 5.32 Å². The number of aliphatic hydroxyl groups is 5. The van der Waals surface area contributed by atoms with Gasteiger partial charge in [0.15, 0.2) is 12.4 Å². The highest BCUT2D eigenvalue weighted by molar-refractivity contribution is 5.80. The molecule has 1 saturated heterocycles. The molecule has 0 aliphatic carbocycles. The molecule has 11 nitrogen and oxygen atoms in total. The summed E-state index contributed by atoms with van der Waals surface area (Å²) in [5.74, 6) is -1.27. The summed E-state index contributed by atoms with van der Waals surface area (Å²) in [4.78, 5) is 26.5. The van der Waals surface area contributed by atoms with Gasteiger partial charge in [-0.25, -0.2) is 0 Å². The van der Waals surface area contributed by atoms with Crippen LogP contribution in [0.3, 0.4) is 0 Å². The Labute approximate surface area is 458 Å². The number of carbonyl (C=O) groups is 2. The summed E-state index contributed by atoms with van der Waals surface area (Å²) in [6, 6.07) is -1.06. The van der Waals surface area contributed by atoms with Gasteiger partial charge in [0.25, 0.3) is 0 Å². The van der Waals surface area contributed by atoms with Gasteiger partial charge in [-0.15, -0.1) is 0 Å². The highest BCUT2D eigenvalue weighted by Crippen LogP contribution is 2.26. The van der Waals surface area contributed by atoms with E-state index in [1.807, 2.05) is 60.8 Å². The van der Waals surface area contributed by atoms with E-state index in [1.165, 1.54) is 161 Å². The molecule has 1 rings (SSSR count). The molecule has 11 heteroatoms. The third kappa shape index (κ3) is 40.0. The number of esters is 1. The normalized spacial score (nSPS) is 19.7. The maximum absolute atomic E-state index is 13.3. The number of ether oxygens (including phenoxy) is 3. The predicted molar refractivity (Wildman–Crippen MR) is 310 cm³/mol. The molecule has 1 amide bonds. The molecule has 6 N–H and O–H groups in total. The van der Waals surface area contributed by atoms with Crippen LogP contribution in [0.15, 0.2) is 72.9 Å². The first-order valence-electron chi connectivity index (χ1n) is 30.8. The highest BCUT2D eigenvalue weighted by Gasteiger charge is 2.47. The van der Waals surface area contributed by atoms with E-state index in [2.05, 4.69) is 32.2 Å². The summed E-state index contributed by atoms with van der Waals surface area (Å²) in [7, 11) is 0. The van der Waals surface area contributed by atoms with Gasteiger partial charge in [0.05, 0.1) is 25.4 Å². The smallest absolute Gasteiger partial charge is 0.306 e. The van der Waals surface area contributed by atoms with E-state index in [4.69, 9.17) is 14.2 Å². The maximum Gasteiger partial charge on any atom is 0.306 e. The average molecular weight is 1060 g/mol. The molecule has 1 heterocycles. The van der Waals surface area contributed by atoms with Gasteiger partial charge in [-0.2, -0.15) is 0 Å². The van der Waals surface area contributed by atoms with Crippen LogP contribution in [0.2, 0.25) is 0 Å². The minimum atomic E-state index is -1.63. The van der Waals surface area contributed by atoms with E-state index in [1.54, 1.807) is 6.08 Å². The Balaban J connectivity index is 2.68. The molecule has 0 spiro atoms. The number of amides is 1. The molecule has 434 valence electrons. The fourth-order valence-electron chi connectivity index (χ4n) is 9.39. The predicted octanol–water partition coefficient (Wildman–Crippen LogP) is 14.4. The van der Waals surface area contributed by atoms with Crippen molar-refractivity contribution in [3.63, 3.8) is 0 Å². The number of allylic oxidation sites excluding steroid dienone is 11. The summed E-state index contributed by atoms with van der Waals surface area (Å²) in [5.41, 5.74) is 0. The van der Waals surface area contributed by atoms with Gasteiger partial charge < -0.3 is 45.1 Å². The Bertz CT molecular complexity index is 1490. The van der Waals surface area contributed by atoms with Crippen molar-refractivity contribution in [3.8, 4) is 0 Å². The number of hydrogen-bond donors (Lipinski definition) is 6. The number of hydrogen-bond acceptors (Lipinski definition) is 10. The fourth-order valence-corrected chi connectivity index (χ4v) is 9.39. The zero-order valence-electron chi connectivity index (χ0n) is 47.9. The van der Waals surface area contributed by atoms with E-state index >= 15 is 0 Å². The van der Waals surface area contributed by atoms with Crippen molar-refractivity contribution >= 4 is 11.9 Å². The first-order chi connectivity index (χ1) is 36.7. The summed E-state index contributed by atoms with van der Waals surface area (Å²) in [6.45, 7) is 5.60. The number of carbonyl (C=O) groups excluding carboxylic acids is 2. The zero-order chi connectivity index (χ0) is 54.7. The van der Waals surface area contributed by atoms with E-state index < -0.39 is 67.4 Å². The minimum Gasteiger partial charge on any atom is -0.454 e. The van der Waals surface area contributed by atoms with E-state index in [9.17, 15) is 35.1 Å². The summed E-state index contributed by atoms with van der Waals surface area (Å²) >= 11 is 0. The molecule has 0 saturated carbocycles. The van der Waals surface area contributed by atoms with Gasteiger partial charge in [-0.05, 0) is 38.5 Å². The van der Waals surface area contributed by atoms with Gasteiger partial charge in [0.2, 0.25) is 5.91 Å². The zero-order valence-corrected chi connectivity index (χ0v) is 47.9. The Morgan fingerprint density at radius 2 is 0.960 bits per heavy atom. The first-order valence-corrected chi connectivity index (χ1v) is 30.8. The van der Waals surface area contributed by atoms with Crippen molar-refractivity contribution in [3.05, 3.63) is 72.9 Å². The van der Waals surface area contributed by atoms with Crippen LogP contribution in [0.25, 0.3) is 0 Å². The van der Waals surface area contributed by atoms with Gasteiger partial charge in [-0.1, -0.05) is 286 Å². The molecule has 1 fully saturated rings. The van der Waals surface area contributed by atoms with Crippen molar-refractivity contribution in [1.29, 1.82) is 0 Å². The van der Waals surface area contributed by atoms with Crippen molar-refractivity contribution in [2.75, 3.05) is 13.2 Å². The molecule has 0 aromatic carbocycles. The van der Waals surface area contributed by atoms with Crippen LogP contribution in [0.4, 0.5) is 0 Å². The van der Waals surface area contributed by atoms with E-state index in [0.717, 1.165) is 51.4 Å². The molecular weight excluding hydrogens is 943 g/mol. The van der Waals surface area contributed by atoms with Crippen LogP contribution < -0.4 is 5.32 Å². The maximum atomic E-state index is 13.3. The van der Waals surface area contributed by atoms with Gasteiger partial charge >= 0.3 is 5.97 Å². The first kappa shape index (κ1) is 70.1. The largest absolute Gasteiger partial charge is 0.454 e. The molecule has 1 aliphatic rings. The number of aliphatic hydroxyl groups excluding tert-OH is 5. The Hall–Kier alpha value is -2.90. The van der Waals surface area contributed by atoms with E-state index in [0.29, 0.717) is 12.8 Å². The molecular formula is C64H113NO10. The van der Waals surface area contributed by atoms with Gasteiger partial charge in [-0.3, -0.25) is 9.59 Å². The summed E-state index contributed by atoms with van der Waals surface area (Å²) in [6.07, 6.45) is 55.4. The van der Waals surface area contributed by atoms with E-state index in [-0.39, 0.29) is 19.4 Å². The molecule has 0 aromatic rings. The lowest BCUT2D eigenvalue weighted by Gasteiger charge is -2.41. The Kier molecular flexibility index (Phi) is 48.5. The quantitative estimate of drug-likeness (QED) is 0.0149. The molecule has 75 heavy (non-hydrogen) atoms. The standard InChI is InChI=1S/C64H113NO10/c1-4-7-10-13-16-19-22-25-26-27-28-29-30-31-32-34-37-40-43-46-49-52-59(69)75-62-61(71)60(70)58(53-66)74-64(62)73-54-55(56(67)50-47-44-41-38-36-33-23-20-17-14-11-8-5-2)65-63(72)57(68)51-48-45-42-39-35-24-21-18-15-12-9-6-3/h9,12,15,18,21,24,35,39,42,45,47,50,55-58,60-62,64,66-68,70-71H,4-8,10-11,13-14,16-17,19-20,22-23,25-34,36-38,40-41,43-44,46,48-49,51-54H2,1-3H3,(H,65,72)/b12-9+,18-15+,24-21-,39-35-,45-42+,50-47+. The molecule has 8 atom stereocenters. The number of nitrogens with one attached hydrogen (secondary N) is 1. The molecule has 0 aromatic heterocycles. The topological polar surface area (TPSA) is 175 Å². The second-order valence-electron chi connectivity index (χ2n) is 21.2. The SMILES string of the molecule is CC/C=C/C=C/C=C\C=C/C=C/CCC(O)C(=O)NC(COC1OC(CO)C(O)C(O)C1OC(=O)CCCCCCCCCCCCCCCCCCCCCCC)C(O)/C=C/CCCCCCCCCCCCC. The second kappa shape index (κ2) is 51.8. The van der Waals surface area contributed by atoms with Crippen molar-refractivity contribution in [2.45, 2.75) is 307 Å². The lowest BCUT2D eigenvalue weighted by Crippen LogP contribution is -2.61. The number of unbranched alkanes of at least 4 members (excludes halogenated alkanes) is 31. The number of rotatable bonds is 51.